The monoisotopic (exact) mass is 546 g/mol. The predicted octanol–water partition coefficient (Wildman–Crippen LogP) is 5.15. The lowest BCUT2D eigenvalue weighted by molar-refractivity contribution is -0.123. The van der Waals surface area contributed by atoms with Crippen LogP contribution in [0.5, 0.6) is 0 Å². The molecule has 7 nitrogen and oxygen atoms in total. The summed E-state index contributed by atoms with van der Waals surface area (Å²) in [7, 11) is 1.59. The molecule has 9 heteroatoms. The number of amides is 2. The van der Waals surface area contributed by atoms with E-state index in [2.05, 4.69) is 42.1 Å². The molecule has 2 aromatic heterocycles. The molecular formula is C29H30N4O3S2. The van der Waals surface area contributed by atoms with Crippen molar-refractivity contribution in [3.05, 3.63) is 87.6 Å². The number of benzene rings is 2. The van der Waals surface area contributed by atoms with E-state index in [0.717, 1.165) is 39.2 Å². The van der Waals surface area contributed by atoms with Crippen LogP contribution in [0.15, 0.2) is 65.4 Å². The predicted molar refractivity (Wildman–Crippen MR) is 154 cm³/mol. The number of hydrogen-bond donors (Lipinski definition) is 1. The number of thioether (sulfide) groups is 1. The van der Waals surface area contributed by atoms with Crippen molar-refractivity contribution in [1.29, 1.82) is 0 Å². The minimum absolute atomic E-state index is 0.0999. The van der Waals surface area contributed by atoms with Gasteiger partial charge in [-0.15, -0.1) is 11.8 Å². The van der Waals surface area contributed by atoms with Crippen molar-refractivity contribution in [2.45, 2.75) is 19.1 Å². The molecule has 0 saturated heterocycles. The lowest BCUT2D eigenvalue weighted by Crippen LogP contribution is -2.43. The normalized spacial score (nSPS) is 15.3. The molecule has 4 aromatic rings. The van der Waals surface area contributed by atoms with Gasteiger partial charge >= 0.3 is 0 Å². The first-order valence-electron chi connectivity index (χ1n) is 12.4. The van der Waals surface area contributed by atoms with Crippen LogP contribution in [0.3, 0.4) is 0 Å². The summed E-state index contributed by atoms with van der Waals surface area (Å²) < 4.78 is 6.94. The van der Waals surface area contributed by atoms with Crippen molar-refractivity contribution >= 4 is 40.7 Å². The van der Waals surface area contributed by atoms with Crippen LogP contribution in [-0.2, 0) is 14.3 Å². The number of carbonyl (C=O) groups excluding carboxylic acids is 2. The van der Waals surface area contributed by atoms with E-state index in [-0.39, 0.29) is 29.4 Å². The van der Waals surface area contributed by atoms with Crippen LogP contribution in [0.25, 0.3) is 16.9 Å². The highest BCUT2D eigenvalue weighted by Crippen LogP contribution is 2.49. The Morgan fingerprint density at radius 3 is 2.68 bits per heavy atom. The molecule has 1 aliphatic heterocycles. The SMILES string of the molecule is COCCNC(=O)CN1C(=O)CS[C@H](c2ccsc2)c2c(-c3ccccc3)nn(-c3cccc(C)c3C)c21. The fourth-order valence-corrected chi connectivity index (χ4v) is 6.60. The van der Waals surface area contributed by atoms with E-state index in [1.54, 1.807) is 35.1 Å². The van der Waals surface area contributed by atoms with Gasteiger partial charge in [0.05, 0.1) is 29.0 Å². The molecule has 1 aliphatic rings. The number of rotatable bonds is 8. The second-order valence-electron chi connectivity index (χ2n) is 9.15. The molecule has 38 heavy (non-hydrogen) atoms. The van der Waals surface area contributed by atoms with E-state index in [0.29, 0.717) is 19.0 Å². The molecule has 3 heterocycles. The number of fused-ring (bicyclic) bond motifs is 1. The number of hydrogen-bond acceptors (Lipinski definition) is 6. The van der Waals surface area contributed by atoms with E-state index >= 15 is 0 Å². The maximum atomic E-state index is 13.7. The zero-order valence-corrected chi connectivity index (χ0v) is 23.3. The van der Waals surface area contributed by atoms with Gasteiger partial charge in [-0.2, -0.15) is 16.4 Å². The standard InChI is InChI=1S/C29H30N4O3S2/c1-19-8-7-11-23(20(19)2)33-29-26(27(31-33)21-9-5-4-6-10-21)28(22-12-15-37-17-22)38-18-25(35)32(29)16-24(34)30-13-14-36-3/h4-12,15,17,28H,13-14,16,18H2,1-3H3,(H,30,34)/t28-/m1/s1. The summed E-state index contributed by atoms with van der Waals surface area (Å²) in [6.07, 6.45) is 0. The summed E-state index contributed by atoms with van der Waals surface area (Å²) in [5.41, 5.74) is 6.92. The highest BCUT2D eigenvalue weighted by Gasteiger charge is 2.38. The Morgan fingerprint density at radius 2 is 1.95 bits per heavy atom. The van der Waals surface area contributed by atoms with Gasteiger partial charge in [-0.25, -0.2) is 4.68 Å². The molecule has 0 radical (unpaired) electrons. The Balaban J connectivity index is 1.76. The number of aromatic nitrogens is 2. The van der Waals surface area contributed by atoms with E-state index in [4.69, 9.17) is 9.84 Å². The minimum atomic E-state index is -0.240. The summed E-state index contributed by atoms with van der Waals surface area (Å²) in [4.78, 5) is 28.3. The van der Waals surface area contributed by atoms with Gasteiger partial charge < -0.3 is 10.1 Å². The van der Waals surface area contributed by atoms with Crippen molar-refractivity contribution in [2.75, 3.05) is 37.5 Å². The Labute approximate surface area is 230 Å². The highest BCUT2D eigenvalue weighted by atomic mass is 32.2. The Morgan fingerprint density at radius 1 is 1.13 bits per heavy atom. The fourth-order valence-electron chi connectivity index (χ4n) is 4.64. The molecule has 0 fully saturated rings. The Bertz CT molecular complexity index is 1430. The maximum Gasteiger partial charge on any atom is 0.240 e. The van der Waals surface area contributed by atoms with Gasteiger partial charge in [-0.05, 0) is 53.4 Å². The lowest BCUT2D eigenvalue weighted by atomic mass is 10.0. The molecule has 2 aromatic carbocycles. The second kappa shape index (κ2) is 11.6. The van der Waals surface area contributed by atoms with Gasteiger partial charge in [0.25, 0.3) is 0 Å². The first-order valence-corrected chi connectivity index (χ1v) is 14.4. The summed E-state index contributed by atoms with van der Waals surface area (Å²) in [6.45, 7) is 4.81. The van der Waals surface area contributed by atoms with Crippen molar-refractivity contribution in [3.63, 3.8) is 0 Å². The number of carbonyl (C=O) groups is 2. The molecule has 2 amide bonds. The van der Waals surface area contributed by atoms with Crippen molar-refractivity contribution in [3.8, 4) is 16.9 Å². The number of nitrogens with one attached hydrogen (secondary N) is 1. The maximum absolute atomic E-state index is 13.7. The van der Waals surface area contributed by atoms with Crippen LogP contribution in [0.1, 0.15) is 27.5 Å². The van der Waals surface area contributed by atoms with Gasteiger partial charge in [0, 0.05) is 24.8 Å². The number of thiophene rings is 1. The van der Waals surface area contributed by atoms with Crippen LogP contribution < -0.4 is 10.2 Å². The van der Waals surface area contributed by atoms with Gasteiger partial charge in [-0.3, -0.25) is 14.5 Å². The van der Waals surface area contributed by atoms with Gasteiger partial charge in [-0.1, -0.05) is 42.5 Å². The highest BCUT2D eigenvalue weighted by molar-refractivity contribution is 8.00. The molecule has 0 unspecified atom stereocenters. The second-order valence-corrected chi connectivity index (χ2v) is 11.0. The van der Waals surface area contributed by atoms with Crippen LogP contribution in [-0.4, -0.2) is 54.2 Å². The quantitative estimate of drug-likeness (QED) is 0.310. The minimum Gasteiger partial charge on any atom is -0.383 e. The van der Waals surface area contributed by atoms with E-state index in [1.165, 1.54) is 0 Å². The van der Waals surface area contributed by atoms with Crippen LogP contribution >= 0.6 is 23.1 Å². The topological polar surface area (TPSA) is 76.5 Å². The van der Waals surface area contributed by atoms with E-state index in [9.17, 15) is 9.59 Å². The van der Waals surface area contributed by atoms with Crippen molar-refractivity contribution in [2.24, 2.45) is 0 Å². The van der Waals surface area contributed by atoms with Crippen molar-refractivity contribution < 1.29 is 14.3 Å². The van der Waals surface area contributed by atoms with Crippen LogP contribution in [0.4, 0.5) is 5.82 Å². The first kappa shape index (κ1) is 26.2. The summed E-state index contributed by atoms with van der Waals surface area (Å²) in [5, 5.41) is 12.1. The third-order valence-electron chi connectivity index (χ3n) is 6.72. The third-order valence-corrected chi connectivity index (χ3v) is 8.67. The zero-order valence-electron chi connectivity index (χ0n) is 21.6. The molecule has 0 bridgehead atoms. The van der Waals surface area contributed by atoms with E-state index in [1.807, 2.05) is 47.1 Å². The van der Waals surface area contributed by atoms with Gasteiger partial charge in [0.15, 0.2) is 0 Å². The Hall–Kier alpha value is -3.40. The number of anilines is 1. The molecular weight excluding hydrogens is 516 g/mol. The molecule has 0 spiro atoms. The molecule has 1 N–H and O–H groups in total. The molecule has 5 rings (SSSR count). The van der Waals surface area contributed by atoms with Gasteiger partial charge in [0.1, 0.15) is 12.4 Å². The third kappa shape index (κ3) is 5.14. The van der Waals surface area contributed by atoms with Crippen molar-refractivity contribution in [1.82, 2.24) is 15.1 Å². The van der Waals surface area contributed by atoms with Gasteiger partial charge in [0.2, 0.25) is 11.8 Å². The molecule has 196 valence electrons. The van der Waals surface area contributed by atoms with E-state index < -0.39 is 0 Å². The number of methoxy groups -OCH3 is 1. The lowest BCUT2D eigenvalue weighted by Gasteiger charge is -2.24. The number of aryl methyl sites for hydroxylation is 1. The number of ether oxygens (including phenoxy) is 1. The summed E-state index contributed by atoms with van der Waals surface area (Å²) in [5.74, 6) is 0.532. The smallest absolute Gasteiger partial charge is 0.240 e. The number of nitrogens with zero attached hydrogens (tertiary/aromatic N) is 3. The first-order chi connectivity index (χ1) is 18.5. The largest absolute Gasteiger partial charge is 0.383 e. The fraction of sp³-hybridized carbons (Fsp3) is 0.276. The summed E-state index contributed by atoms with van der Waals surface area (Å²) in [6, 6.07) is 18.2. The average molecular weight is 547 g/mol. The summed E-state index contributed by atoms with van der Waals surface area (Å²) >= 11 is 3.21. The molecule has 0 saturated carbocycles. The zero-order chi connectivity index (χ0) is 26.6. The van der Waals surface area contributed by atoms with Crippen LogP contribution in [0.2, 0.25) is 0 Å². The average Bonchev–Trinajstić information content (AvgIpc) is 3.56. The molecule has 0 aliphatic carbocycles. The van der Waals surface area contributed by atoms with Crippen LogP contribution in [0, 0.1) is 13.8 Å². The Kier molecular flexibility index (Phi) is 7.97. The molecule has 1 atom stereocenters.